The quantitative estimate of drug-likeness (QED) is 0.742. The molecular weight excluding hydrogens is 398 g/mol. The van der Waals surface area contributed by atoms with Crippen LogP contribution in [-0.2, 0) is 14.8 Å². The van der Waals surface area contributed by atoms with Gasteiger partial charge in [-0.2, -0.15) is 0 Å². The summed E-state index contributed by atoms with van der Waals surface area (Å²) in [5.74, 6) is 0. The highest BCUT2D eigenvalue weighted by molar-refractivity contribution is 7.89. The molecule has 0 aromatic heterocycles. The molecule has 6 nitrogen and oxygen atoms in total. The molecule has 1 N–H and O–H groups in total. The molecule has 3 rings (SSSR count). The van der Waals surface area contributed by atoms with Crippen LogP contribution in [0.2, 0.25) is 5.02 Å². The SMILES string of the molecule is CN(C)c1ccc([C@@H](CNS(=O)(=O)c2ccccc2Cl)N2CCOCC2)cc1. The lowest BCUT2D eigenvalue weighted by molar-refractivity contribution is 0.0172. The number of rotatable bonds is 7. The monoisotopic (exact) mass is 423 g/mol. The molecule has 0 saturated carbocycles. The molecule has 28 heavy (non-hydrogen) atoms. The molecule has 2 aromatic carbocycles. The van der Waals surface area contributed by atoms with Crippen LogP contribution in [0, 0.1) is 0 Å². The summed E-state index contributed by atoms with van der Waals surface area (Å²) in [6.45, 7) is 3.06. The first-order valence-electron chi connectivity index (χ1n) is 9.22. The molecule has 1 aliphatic rings. The second-order valence-electron chi connectivity index (χ2n) is 6.93. The van der Waals surface area contributed by atoms with Crippen LogP contribution < -0.4 is 9.62 Å². The third kappa shape index (κ3) is 5.04. The van der Waals surface area contributed by atoms with Gasteiger partial charge in [0.25, 0.3) is 0 Å². The first kappa shape index (κ1) is 21.1. The predicted octanol–water partition coefficient (Wildman–Crippen LogP) is 2.76. The van der Waals surface area contributed by atoms with E-state index in [4.69, 9.17) is 16.3 Å². The van der Waals surface area contributed by atoms with Crippen LogP contribution in [0.25, 0.3) is 0 Å². The molecular formula is C20H26ClN3O3S. The molecule has 2 aromatic rings. The van der Waals surface area contributed by atoms with Gasteiger partial charge in [-0.05, 0) is 29.8 Å². The Bertz CT molecular complexity index is 882. The lowest BCUT2D eigenvalue weighted by Gasteiger charge is -2.35. The molecule has 1 fully saturated rings. The summed E-state index contributed by atoms with van der Waals surface area (Å²) in [5.41, 5.74) is 2.16. The van der Waals surface area contributed by atoms with Gasteiger partial charge in [0.1, 0.15) is 4.90 Å². The smallest absolute Gasteiger partial charge is 0.242 e. The maximum Gasteiger partial charge on any atom is 0.242 e. The molecule has 1 saturated heterocycles. The molecule has 1 atom stereocenters. The van der Waals surface area contributed by atoms with Crippen LogP contribution in [0.3, 0.4) is 0 Å². The fraction of sp³-hybridized carbons (Fsp3) is 0.400. The van der Waals surface area contributed by atoms with Gasteiger partial charge in [-0.25, -0.2) is 13.1 Å². The molecule has 8 heteroatoms. The van der Waals surface area contributed by atoms with Crippen LogP contribution in [0.1, 0.15) is 11.6 Å². The molecule has 1 heterocycles. The number of nitrogens with one attached hydrogen (secondary N) is 1. The minimum Gasteiger partial charge on any atom is -0.379 e. The van der Waals surface area contributed by atoms with Crippen LogP contribution in [0.15, 0.2) is 53.4 Å². The molecule has 0 amide bonds. The van der Waals surface area contributed by atoms with Gasteiger partial charge in [0.15, 0.2) is 0 Å². The van der Waals surface area contributed by atoms with Crippen LogP contribution in [0.4, 0.5) is 5.69 Å². The van der Waals surface area contributed by atoms with Gasteiger partial charge in [-0.3, -0.25) is 4.90 Å². The zero-order chi connectivity index (χ0) is 20.1. The minimum absolute atomic E-state index is 0.0858. The van der Waals surface area contributed by atoms with E-state index in [1.54, 1.807) is 18.2 Å². The summed E-state index contributed by atoms with van der Waals surface area (Å²) in [6, 6.07) is 14.6. The van der Waals surface area contributed by atoms with E-state index in [1.165, 1.54) is 6.07 Å². The Morgan fingerprint density at radius 2 is 1.75 bits per heavy atom. The second kappa shape index (κ2) is 9.24. The highest BCUT2D eigenvalue weighted by atomic mass is 35.5. The fourth-order valence-electron chi connectivity index (χ4n) is 3.27. The standard InChI is InChI=1S/C20H26ClN3O3S/c1-23(2)17-9-7-16(8-10-17)19(24-11-13-27-14-12-24)15-22-28(25,26)20-6-4-3-5-18(20)21/h3-10,19,22H,11-15H2,1-2H3/t19-/m1/s1. The lowest BCUT2D eigenvalue weighted by atomic mass is 10.0. The van der Waals surface area contributed by atoms with E-state index in [1.807, 2.05) is 31.1 Å². The van der Waals surface area contributed by atoms with E-state index < -0.39 is 10.0 Å². The Labute approximate surface area is 172 Å². The molecule has 0 spiro atoms. The average Bonchev–Trinajstić information content (AvgIpc) is 2.69. The molecule has 0 radical (unpaired) electrons. The molecule has 0 aliphatic carbocycles. The van der Waals surface area contributed by atoms with Gasteiger partial charge in [0.2, 0.25) is 10.0 Å². The van der Waals surface area contributed by atoms with E-state index in [0.717, 1.165) is 24.3 Å². The number of nitrogens with zero attached hydrogens (tertiary/aromatic N) is 2. The number of anilines is 1. The topological polar surface area (TPSA) is 61.9 Å². The summed E-state index contributed by atoms with van der Waals surface area (Å²) in [4.78, 5) is 4.39. The van der Waals surface area contributed by atoms with E-state index in [9.17, 15) is 8.42 Å². The van der Waals surface area contributed by atoms with Crippen LogP contribution in [-0.4, -0.2) is 60.3 Å². The highest BCUT2D eigenvalue weighted by Crippen LogP contribution is 2.25. The first-order valence-corrected chi connectivity index (χ1v) is 11.1. The maximum absolute atomic E-state index is 12.8. The van der Waals surface area contributed by atoms with Gasteiger partial charge in [-0.15, -0.1) is 0 Å². The molecule has 1 aliphatic heterocycles. The Balaban J connectivity index is 1.82. The Kier molecular flexibility index (Phi) is 6.95. The zero-order valence-corrected chi connectivity index (χ0v) is 17.7. The van der Waals surface area contributed by atoms with Gasteiger partial charge in [0.05, 0.1) is 18.2 Å². The third-order valence-corrected chi connectivity index (χ3v) is 6.80. The van der Waals surface area contributed by atoms with Crippen LogP contribution >= 0.6 is 11.6 Å². The lowest BCUT2D eigenvalue weighted by Crippen LogP contribution is -2.43. The summed E-state index contributed by atoms with van der Waals surface area (Å²) >= 11 is 6.09. The Hall–Kier alpha value is -1.64. The zero-order valence-electron chi connectivity index (χ0n) is 16.1. The summed E-state index contributed by atoms with van der Waals surface area (Å²) in [7, 11) is 0.282. The van der Waals surface area contributed by atoms with Crippen molar-refractivity contribution in [1.82, 2.24) is 9.62 Å². The second-order valence-corrected chi connectivity index (χ2v) is 9.07. The number of halogens is 1. The number of ether oxygens (including phenoxy) is 1. The predicted molar refractivity (Wildman–Crippen MR) is 113 cm³/mol. The number of morpholine rings is 1. The van der Waals surface area contributed by atoms with E-state index in [0.29, 0.717) is 13.2 Å². The van der Waals surface area contributed by atoms with Crippen molar-refractivity contribution in [2.45, 2.75) is 10.9 Å². The molecule has 0 bridgehead atoms. The first-order chi connectivity index (χ1) is 13.4. The van der Waals surface area contributed by atoms with Crippen molar-refractivity contribution in [3.63, 3.8) is 0 Å². The van der Waals surface area contributed by atoms with Gasteiger partial charge >= 0.3 is 0 Å². The largest absolute Gasteiger partial charge is 0.379 e. The van der Waals surface area contributed by atoms with Gasteiger partial charge in [0, 0.05) is 45.5 Å². The average molecular weight is 424 g/mol. The third-order valence-electron chi connectivity index (χ3n) is 4.87. The summed E-state index contributed by atoms with van der Waals surface area (Å²) in [6.07, 6.45) is 0. The van der Waals surface area contributed by atoms with Gasteiger partial charge in [-0.1, -0.05) is 35.9 Å². The van der Waals surface area contributed by atoms with Crippen molar-refractivity contribution in [2.75, 3.05) is 51.8 Å². The van der Waals surface area contributed by atoms with Crippen molar-refractivity contribution in [3.05, 3.63) is 59.1 Å². The molecule has 0 unspecified atom stereocenters. The highest BCUT2D eigenvalue weighted by Gasteiger charge is 2.26. The van der Waals surface area contributed by atoms with Crippen molar-refractivity contribution >= 4 is 27.3 Å². The van der Waals surface area contributed by atoms with Crippen molar-refractivity contribution in [3.8, 4) is 0 Å². The van der Waals surface area contributed by atoms with E-state index >= 15 is 0 Å². The minimum atomic E-state index is -3.70. The van der Waals surface area contributed by atoms with Crippen molar-refractivity contribution < 1.29 is 13.2 Å². The number of hydrogen-bond acceptors (Lipinski definition) is 5. The Morgan fingerprint density at radius 3 is 2.36 bits per heavy atom. The van der Waals surface area contributed by atoms with Crippen molar-refractivity contribution in [1.29, 1.82) is 0 Å². The number of benzene rings is 2. The summed E-state index contributed by atoms with van der Waals surface area (Å²) in [5, 5.41) is 0.216. The number of hydrogen-bond donors (Lipinski definition) is 1. The van der Waals surface area contributed by atoms with Gasteiger partial charge < -0.3 is 9.64 Å². The van der Waals surface area contributed by atoms with Crippen molar-refractivity contribution in [2.24, 2.45) is 0 Å². The van der Waals surface area contributed by atoms with Crippen LogP contribution in [0.5, 0.6) is 0 Å². The summed E-state index contributed by atoms with van der Waals surface area (Å²) < 4.78 is 33.7. The molecule has 152 valence electrons. The Morgan fingerprint density at radius 1 is 1.11 bits per heavy atom. The maximum atomic E-state index is 12.8. The van der Waals surface area contributed by atoms with E-state index in [2.05, 4.69) is 21.8 Å². The number of sulfonamides is 1. The van der Waals surface area contributed by atoms with E-state index in [-0.39, 0.29) is 22.5 Å². The fourth-order valence-corrected chi connectivity index (χ4v) is 4.83. The normalized spacial score (nSPS) is 16.7.